The van der Waals surface area contributed by atoms with Crippen molar-refractivity contribution in [2.24, 2.45) is 0 Å². The molecule has 6 heteroatoms. The highest BCUT2D eigenvalue weighted by Gasteiger charge is 2.11. The molecular weight excluding hydrogens is 412 g/mol. The summed E-state index contributed by atoms with van der Waals surface area (Å²) in [6.07, 6.45) is 0.607. The maximum absolute atomic E-state index is 13.7. The first-order valence-corrected chi connectivity index (χ1v) is 10.0. The van der Waals surface area contributed by atoms with Gasteiger partial charge in [-0.3, -0.25) is 0 Å². The molecule has 0 aliphatic rings. The van der Waals surface area contributed by atoms with Crippen LogP contribution in [0.15, 0.2) is 60.7 Å². The second-order valence-corrected chi connectivity index (χ2v) is 7.32. The summed E-state index contributed by atoms with van der Waals surface area (Å²) in [5.74, 6) is 1.14. The molecule has 0 aromatic heterocycles. The molecule has 0 heterocycles. The van der Waals surface area contributed by atoms with Gasteiger partial charge in [-0.05, 0) is 48.4 Å². The van der Waals surface area contributed by atoms with Crippen LogP contribution in [0.2, 0.25) is 10.0 Å². The number of benzene rings is 3. The molecular formula is C23H22Cl2FNO2. The molecule has 0 amide bonds. The summed E-state index contributed by atoms with van der Waals surface area (Å²) >= 11 is 12.1. The lowest BCUT2D eigenvalue weighted by Gasteiger charge is -2.16. The maximum atomic E-state index is 13.7. The highest BCUT2D eigenvalue weighted by atomic mass is 35.5. The molecule has 0 aliphatic heterocycles. The third kappa shape index (κ3) is 5.86. The van der Waals surface area contributed by atoms with Crippen molar-refractivity contribution in [1.29, 1.82) is 0 Å². The van der Waals surface area contributed by atoms with E-state index in [9.17, 15) is 4.39 Å². The molecule has 0 fully saturated rings. The van der Waals surface area contributed by atoms with Crippen LogP contribution in [0, 0.1) is 5.82 Å². The van der Waals surface area contributed by atoms with Gasteiger partial charge >= 0.3 is 0 Å². The van der Waals surface area contributed by atoms with E-state index in [1.54, 1.807) is 31.4 Å². The predicted octanol–water partition coefficient (Wildman–Crippen LogP) is 6.05. The Bertz CT molecular complexity index is 965. The van der Waals surface area contributed by atoms with Crippen molar-refractivity contribution in [2.45, 2.75) is 19.6 Å². The van der Waals surface area contributed by atoms with Crippen molar-refractivity contribution < 1.29 is 13.9 Å². The first-order chi connectivity index (χ1) is 14.1. The molecule has 0 saturated heterocycles. The molecule has 0 bridgehead atoms. The summed E-state index contributed by atoms with van der Waals surface area (Å²) in [4.78, 5) is 0. The van der Waals surface area contributed by atoms with Crippen LogP contribution in [0.3, 0.4) is 0 Å². The van der Waals surface area contributed by atoms with Crippen LogP contribution in [0.4, 0.5) is 4.39 Å². The van der Waals surface area contributed by atoms with Gasteiger partial charge in [0.15, 0.2) is 11.5 Å². The molecule has 29 heavy (non-hydrogen) atoms. The lowest BCUT2D eigenvalue weighted by molar-refractivity contribution is 0.280. The topological polar surface area (TPSA) is 30.5 Å². The van der Waals surface area contributed by atoms with E-state index in [-0.39, 0.29) is 5.82 Å². The van der Waals surface area contributed by atoms with Gasteiger partial charge < -0.3 is 14.8 Å². The van der Waals surface area contributed by atoms with Crippen LogP contribution in [0.1, 0.15) is 16.7 Å². The number of methoxy groups -OCH3 is 1. The Morgan fingerprint density at radius 3 is 2.48 bits per heavy atom. The smallest absolute Gasteiger partial charge is 0.166 e. The number of halogens is 3. The van der Waals surface area contributed by atoms with Gasteiger partial charge in [-0.2, -0.15) is 0 Å². The van der Waals surface area contributed by atoms with Crippen LogP contribution >= 0.6 is 23.2 Å². The molecule has 3 aromatic carbocycles. The van der Waals surface area contributed by atoms with Crippen LogP contribution in [-0.2, 0) is 19.6 Å². The lowest BCUT2D eigenvalue weighted by atomic mass is 10.1. The van der Waals surface area contributed by atoms with E-state index in [0.29, 0.717) is 53.2 Å². The summed E-state index contributed by atoms with van der Waals surface area (Å²) in [5.41, 5.74) is 2.56. The number of hydrogen-bond acceptors (Lipinski definition) is 3. The van der Waals surface area contributed by atoms with E-state index < -0.39 is 0 Å². The Balaban J connectivity index is 1.64. The number of para-hydroxylation sites is 1. The molecule has 0 saturated carbocycles. The molecule has 0 aliphatic carbocycles. The van der Waals surface area contributed by atoms with E-state index in [1.807, 2.05) is 30.3 Å². The van der Waals surface area contributed by atoms with Gasteiger partial charge in [-0.25, -0.2) is 4.39 Å². The quantitative estimate of drug-likeness (QED) is 0.416. The zero-order valence-corrected chi connectivity index (χ0v) is 17.6. The third-order valence-corrected chi connectivity index (χ3v) is 5.23. The Kier molecular flexibility index (Phi) is 7.76. The van der Waals surface area contributed by atoms with Gasteiger partial charge in [0.1, 0.15) is 12.4 Å². The summed E-state index contributed by atoms with van der Waals surface area (Å²) < 4.78 is 25.2. The summed E-state index contributed by atoms with van der Waals surface area (Å²) in [6, 6.07) is 18.0. The number of hydrogen-bond donors (Lipinski definition) is 1. The Morgan fingerprint density at radius 1 is 0.931 bits per heavy atom. The second kappa shape index (κ2) is 10.5. The fourth-order valence-corrected chi connectivity index (χ4v) is 3.28. The molecule has 0 atom stereocenters. The van der Waals surface area contributed by atoms with Crippen molar-refractivity contribution in [3.63, 3.8) is 0 Å². The van der Waals surface area contributed by atoms with Gasteiger partial charge in [0.05, 0.1) is 17.2 Å². The molecule has 3 nitrogen and oxygen atoms in total. The highest BCUT2D eigenvalue weighted by Crippen LogP contribution is 2.32. The van der Waals surface area contributed by atoms with E-state index >= 15 is 0 Å². The molecule has 152 valence electrons. The molecule has 3 rings (SSSR count). The minimum Gasteiger partial charge on any atom is -0.493 e. The third-order valence-electron chi connectivity index (χ3n) is 4.49. The zero-order valence-electron chi connectivity index (χ0n) is 16.1. The number of ether oxygens (including phenoxy) is 2. The van der Waals surface area contributed by atoms with Crippen LogP contribution in [-0.4, -0.2) is 13.7 Å². The Morgan fingerprint density at radius 2 is 1.72 bits per heavy atom. The minimum atomic E-state index is -0.179. The second-order valence-electron chi connectivity index (χ2n) is 6.50. The van der Waals surface area contributed by atoms with E-state index in [2.05, 4.69) is 5.32 Å². The van der Waals surface area contributed by atoms with Crippen molar-refractivity contribution in [3.05, 3.63) is 93.2 Å². The summed E-state index contributed by atoms with van der Waals surface area (Å²) in [5, 5.41) is 4.34. The van der Waals surface area contributed by atoms with E-state index in [1.165, 1.54) is 6.07 Å². The highest BCUT2D eigenvalue weighted by molar-refractivity contribution is 6.42. The minimum absolute atomic E-state index is 0.179. The maximum Gasteiger partial charge on any atom is 0.166 e. The molecule has 0 unspecified atom stereocenters. The molecule has 0 spiro atoms. The van der Waals surface area contributed by atoms with Crippen molar-refractivity contribution >= 4 is 23.2 Å². The van der Waals surface area contributed by atoms with Crippen molar-refractivity contribution in [1.82, 2.24) is 5.32 Å². The molecule has 1 N–H and O–H groups in total. The van der Waals surface area contributed by atoms with Crippen LogP contribution < -0.4 is 14.8 Å². The van der Waals surface area contributed by atoms with Gasteiger partial charge in [0.25, 0.3) is 0 Å². The monoisotopic (exact) mass is 433 g/mol. The fourth-order valence-electron chi connectivity index (χ4n) is 2.96. The average Bonchev–Trinajstić information content (AvgIpc) is 2.73. The summed E-state index contributed by atoms with van der Waals surface area (Å²) in [6.45, 7) is 1.55. The van der Waals surface area contributed by atoms with Gasteiger partial charge in [-0.1, -0.05) is 59.6 Å². The average molecular weight is 434 g/mol. The van der Waals surface area contributed by atoms with Crippen LogP contribution in [0.5, 0.6) is 11.5 Å². The SMILES string of the molecule is COc1cccc(CNCCc2ccccc2F)c1OCc1ccc(Cl)c(Cl)c1. The number of nitrogens with one attached hydrogen (secondary N) is 1. The largest absolute Gasteiger partial charge is 0.493 e. The number of rotatable bonds is 9. The Hall–Kier alpha value is -2.27. The normalized spacial score (nSPS) is 10.8. The predicted molar refractivity (Wildman–Crippen MR) is 116 cm³/mol. The van der Waals surface area contributed by atoms with Gasteiger partial charge in [-0.15, -0.1) is 0 Å². The first kappa shape index (κ1) is 21.4. The van der Waals surface area contributed by atoms with Gasteiger partial charge in [0.2, 0.25) is 0 Å². The summed E-state index contributed by atoms with van der Waals surface area (Å²) in [7, 11) is 1.61. The van der Waals surface area contributed by atoms with Crippen molar-refractivity contribution in [2.75, 3.05) is 13.7 Å². The standard InChI is InChI=1S/C23H22Cl2FNO2/c1-28-22-8-4-6-18(14-27-12-11-17-5-2-3-7-21(17)26)23(22)29-15-16-9-10-19(24)20(25)13-16/h2-10,13,27H,11-12,14-15H2,1H3. The molecule has 0 radical (unpaired) electrons. The van der Waals surface area contributed by atoms with Crippen LogP contribution in [0.25, 0.3) is 0 Å². The van der Waals surface area contributed by atoms with E-state index in [4.69, 9.17) is 32.7 Å². The Labute approximate surface area is 180 Å². The van der Waals surface area contributed by atoms with Gasteiger partial charge in [0, 0.05) is 12.1 Å². The lowest BCUT2D eigenvalue weighted by Crippen LogP contribution is -2.18. The first-order valence-electron chi connectivity index (χ1n) is 9.25. The van der Waals surface area contributed by atoms with Crippen molar-refractivity contribution in [3.8, 4) is 11.5 Å². The fraction of sp³-hybridized carbons (Fsp3) is 0.217. The zero-order chi connectivity index (χ0) is 20.6. The van der Waals surface area contributed by atoms with E-state index in [0.717, 1.165) is 11.1 Å². The molecule has 3 aromatic rings.